The van der Waals surface area contributed by atoms with Crippen LogP contribution in [0.3, 0.4) is 0 Å². The molecule has 0 bridgehead atoms. The molecule has 1 fully saturated rings. The molecule has 29 heteroatoms. The van der Waals surface area contributed by atoms with E-state index >= 15 is 0 Å². The number of hydrogen-bond donors (Lipinski definition) is 12. The Hall–Kier alpha value is -8.20. The second-order valence-corrected chi connectivity index (χ2v) is 20.2. The van der Waals surface area contributed by atoms with Crippen molar-refractivity contribution in [3.05, 3.63) is 108 Å². The Morgan fingerprint density at radius 2 is 0.606 bits per heavy atom. The van der Waals surface area contributed by atoms with Crippen LogP contribution in [0.15, 0.2) is 91.0 Å². The molecule has 1 aliphatic rings. The monoisotopic (exact) mass is 1580 g/mol. The summed E-state index contributed by atoms with van der Waals surface area (Å²) in [4.78, 5) is 137. The highest BCUT2D eigenvalue weighted by atomic mass is 16.3. The fourth-order valence-electron chi connectivity index (χ4n) is 5.55. The van der Waals surface area contributed by atoms with E-state index in [1.54, 1.807) is 39.8 Å². The maximum atomic E-state index is 13.9. The lowest BCUT2D eigenvalue weighted by atomic mass is 10.00. The lowest BCUT2D eigenvalue weighted by molar-refractivity contribution is -0.147. The number of amides is 4. The van der Waals surface area contributed by atoms with Crippen molar-refractivity contribution < 1.29 is 72.2 Å². The number of rotatable bonds is 14. The number of aryl methyl sites for hydroxylation is 1. The van der Waals surface area contributed by atoms with Gasteiger partial charge in [-0.25, -0.2) is 0 Å². The van der Waals surface area contributed by atoms with Gasteiger partial charge in [0.15, 0.2) is 0 Å². The van der Waals surface area contributed by atoms with E-state index in [1.165, 1.54) is 83.8 Å². The van der Waals surface area contributed by atoms with Gasteiger partial charge in [-0.3, -0.25) is 19.2 Å². The summed E-state index contributed by atoms with van der Waals surface area (Å²) in [6.45, 7) is 64.5. The lowest BCUT2D eigenvalue weighted by Gasteiger charge is -2.35. The minimum atomic E-state index is -0.861. The fraction of sp³-hybridized carbons (Fsp3) is 0.600. The van der Waals surface area contributed by atoms with Gasteiger partial charge in [-0.2, -0.15) is 0 Å². The third kappa shape index (κ3) is 166. The van der Waals surface area contributed by atoms with Gasteiger partial charge in [0.05, 0.1) is 0 Å². The zero-order chi connectivity index (χ0) is 89.5. The summed E-state index contributed by atoms with van der Waals surface area (Å²) in [7, 11) is 12.2. The van der Waals surface area contributed by atoms with E-state index in [0.29, 0.717) is 19.5 Å². The van der Waals surface area contributed by atoms with Crippen LogP contribution >= 0.6 is 0 Å². The van der Waals surface area contributed by atoms with Gasteiger partial charge in [0.25, 0.3) is 0 Å². The average Bonchev–Trinajstić information content (AvgIpc) is 0.821. The van der Waals surface area contributed by atoms with Crippen molar-refractivity contribution >= 4 is 91.5 Å². The second kappa shape index (κ2) is 184. The van der Waals surface area contributed by atoms with Gasteiger partial charge in [-0.05, 0) is 129 Å². The molecule has 3 atom stereocenters. The van der Waals surface area contributed by atoms with Crippen LogP contribution in [0, 0.1) is 23.7 Å². The van der Waals surface area contributed by atoms with Gasteiger partial charge in [0.2, 0.25) is 23.6 Å². The summed E-state index contributed by atoms with van der Waals surface area (Å²) in [6, 6.07) is 27.1. The number of nitrogens with one attached hydrogen (secondary N) is 1. The first-order valence-corrected chi connectivity index (χ1v) is 34.6. The van der Waals surface area contributed by atoms with Crippen LogP contribution in [0.2, 0.25) is 0 Å². The second-order valence-electron chi connectivity index (χ2n) is 20.2. The molecule has 0 aliphatic carbocycles. The Morgan fingerprint density at radius 1 is 0.404 bits per heavy atom. The number of piperidine rings is 1. The number of carbonyl (C=O) groups excluding carboxylic acids is 14. The van der Waals surface area contributed by atoms with E-state index in [0.717, 1.165) is 60.5 Å². The molecule has 0 saturated carbocycles. The van der Waals surface area contributed by atoms with Crippen molar-refractivity contribution in [3.8, 4) is 0 Å². The smallest absolute Gasteiger partial charge is 0.246 e. The van der Waals surface area contributed by atoms with E-state index in [9.17, 15) is 19.2 Å². The molecule has 109 heavy (non-hydrogen) atoms. The topological polar surface area (TPSA) is 577 Å². The highest BCUT2D eigenvalue weighted by Crippen LogP contribution is 2.17. The van der Waals surface area contributed by atoms with Crippen LogP contribution < -0.4 is 64.3 Å². The molecular formula is C80H178N14O15. The summed E-state index contributed by atoms with van der Waals surface area (Å²) in [5, 5.41) is 10.9. The quantitative estimate of drug-likeness (QED) is 0.0713. The van der Waals surface area contributed by atoms with Crippen molar-refractivity contribution in [2.45, 2.75) is 227 Å². The minimum absolute atomic E-state index is 0. The average molecular weight is 1580 g/mol. The number of nitrogens with zero attached hydrogens (tertiary/aromatic N) is 3. The van der Waals surface area contributed by atoms with E-state index in [2.05, 4.69) is 154 Å². The third-order valence-electron chi connectivity index (χ3n) is 11.0. The SMILES string of the molecule is C=O.C=O.C=O.C=O.C=O.C=O.C=O.C=O.C=O.C=O.CC.CC.CC(=O)N(C)[C@@H](Cc1ccccc1)C(=O)N(C)[C@@H](Cc1ccccc1)C(=O)N[C@@H](C)C(=O)N1CCCCC1.CC(C)C.CC(C)O.CCC(C)C.CCC(C)C.CCC(C)C.CCc1ccccc1.CN.CN.CN.CN.CN.CN.N.N.N.N. The Kier molecular flexibility index (Phi) is 295. The third-order valence-corrected chi connectivity index (χ3v) is 11.0. The summed E-state index contributed by atoms with van der Waals surface area (Å²) in [5.74, 6) is 2.41. The Morgan fingerprint density at radius 3 is 0.789 bits per heavy atom. The number of aliphatic hydroxyl groups is 1. The molecule has 3 aromatic rings. The van der Waals surface area contributed by atoms with Gasteiger partial charge in [-0.15, -0.1) is 0 Å². The summed E-state index contributed by atoms with van der Waals surface area (Å²) in [6.07, 6.45) is 8.53. The normalized spacial score (nSPS) is 8.91. The molecule has 0 unspecified atom stereocenters. The predicted molar refractivity (Wildman–Crippen MR) is 471 cm³/mol. The molecule has 3 aromatic carbocycles. The zero-order valence-corrected chi connectivity index (χ0v) is 74.9. The molecule has 4 rings (SSSR count). The number of likely N-dealkylation sites (N-methyl/N-ethyl adjacent to an activating group) is 2. The number of carbonyl (C=O) groups is 14. The first kappa shape index (κ1) is 175. The van der Waals surface area contributed by atoms with Crippen LogP contribution in [0.25, 0.3) is 0 Å². The van der Waals surface area contributed by atoms with Crippen molar-refractivity contribution in [2.75, 3.05) is 69.5 Å². The highest BCUT2D eigenvalue weighted by Gasteiger charge is 2.36. The van der Waals surface area contributed by atoms with Crippen LogP contribution in [0.4, 0.5) is 0 Å². The largest absolute Gasteiger partial charge is 0.394 e. The van der Waals surface area contributed by atoms with Gasteiger partial charge in [0.1, 0.15) is 86.0 Å². The number of likely N-dealkylation sites (tertiary alicyclic amines) is 1. The molecule has 0 spiro atoms. The van der Waals surface area contributed by atoms with Gasteiger partial charge < -0.3 is 132 Å². The van der Waals surface area contributed by atoms with Crippen molar-refractivity contribution in [1.82, 2.24) is 44.6 Å². The maximum absolute atomic E-state index is 13.9. The van der Waals surface area contributed by atoms with Gasteiger partial charge in [-0.1, -0.05) is 228 Å². The molecule has 26 N–H and O–H groups in total. The number of nitrogens with two attached hydrogens (primary N) is 6. The lowest BCUT2D eigenvalue weighted by Crippen LogP contribution is -2.58. The standard InChI is InChI=1S/C30H40N4O4.C8H10.3C5H12.C4H10.C3H8O.2C2H6.6CH5N.10CH2O.4H3N/c1-22(29(37)34-18-12-7-13-19-34)31-28(36)26(20-24-14-8-5-9-15-24)33(4)30(38)27(32(3)23(2)35)21-25-16-10-6-11-17-25;1-2-8-6-4-3-5-7-8;3*1-4-5(2)3;1-4(2)3;1-3(2)4;18*1-2;;;;/h5-6,8-11,14-17,22,26-27H,7,12-13,18-21H2,1-4H3,(H,31,36);3-7H,2H2,1H3;3*5H,4H2,1-3H3;4H,1-3H3;3-4H,1-2H3;2*1-2H3;6*2H2,1H3;10*1H2;4*1H3/t22-,26-,27-;;;;;;;;;;;;;;;;;;;;;;;;;;;;/m0............................/s1. The van der Waals surface area contributed by atoms with Gasteiger partial charge in [0, 0.05) is 53.1 Å². The molecule has 4 amide bonds. The van der Waals surface area contributed by atoms with Crippen molar-refractivity contribution in [2.24, 2.45) is 58.1 Å². The minimum Gasteiger partial charge on any atom is -0.394 e. The van der Waals surface area contributed by atoms with Crippen molar-refractivity contribution in [1.29, 1.82) is 0 Å². The number of benzene rings is 3. The Balaban J connectivity index is -0.0000000359. The van der Waals surface area contributed by atoms with E-state index in [-0.39, 0.29) is 54.8 Å². The van der Waals surface area contributed by atoms with Crippen LogP contribution in [-0.2, 0) is 86.4 Å². The Labute approximate surface area is 668 Å². The number of hydrogen-bond acceptors (Lipinski definition) is 25. The molecular weight excluding hydrogens is 1400 g/mol. The predicted octanol–water partition coefficient (Wildman–Crippen LogP) is 11.4. The number of aliphatic hydroxyl groups excluding tert-OH is 1. The summed E-state index contributed by atoms with van der Waals surface area (Å²) < 4.78 is 0. The molecule has 0 aromatic heterocycles. The highest BCUT2D eigenvalue weighted by molar-refractivity contribution is 5.94. The van der Waals surface area contributed by atoms with Crippen LogP contribution in [0.1, 0.15) is 201 Å². The van der Waals surface area contributed by atoms with E-state index < -0.39 is 24.0 Å². The Bertz CT molecular complexity index is 1850. The summed E-state index contributed by atoms with van der Waals surface area (Å²) >= 11 is 0. The molecule has 658 valence electrons. The molecule has 29 nitrogen and oxygen atoms in total. The van der Waals surface area contributed by atoms with E-state index in [1.807, 2.05) is 162 Å². The first-order chi connectivity index (χ1) is 50.4. The first-order valence-electron chi connectivity index (χ1n) is 34.6. The fourth-order valence-corrected chi connectivity index (χ4v) is 5.55. The van der Waals surface area contributed by atoms with Crippen molar-refractivity contribution in [3.63, 3.8) is 0 Å². The molecule has 0 radical (unpaired) electrons. The molecule has 1 saturated heterocycles. The zero-order valence-electron chi connectivity index (χ0n) is 74.9. The maximum Gasteiger partial charge on any atom is 0.246 e. The molecule has 1 heterocycles. The van der Waals surface area contributed by atoms with E-state index in [4.69, 9.17) is 53.1 Å². The van der Waals surface area contributed by atoms with Crippen LogP contribution in [0.5, 0.6) is 0 Å². The molecule has 1 aliphatic heterocycles. The van der Waals surface area contributed by atoms with Gasteiger partial charge >= 0.3 is 0 Å². The summed E-state index contributed by atoms with van der Waals surface area (Å²) in [5.41, 5.74) is 30.2. The van der Waals surface area contributed by atoms with Crippen LogP contribution in [-0.4, -0.2) is 205 Å².